The van der Waals surface area contributed by atoms with Crippen LogP contribution in [0.25, 0.3) is 0 Å². The van der Waals surface area contributed by atoms with Gasteiger partial charge in [0, 0.05) is 0 Å². The van der Waals surface area contributed by atoms with Crippen LogP contribution in [0.4, 0.5) is 0 Å². The monoisotopic (exact) mass is 339 g/mol. The standard InChI is InChI=1S/4BrH.Na/h4*1H;/q;;;;+4/p-4. The van der Waals surface area contributed by atoms with Crippen molar-refractivity contribution in [2.45, 2.75) is 0 Å². The molecular formula is Br4Na. The molecular weight excluding hydrogens is 343 g/mol. The first-order valence-electron chi connectivity index (χ1n) is 1.51. The van der Waals surface area contributed by atoms with E-state index in [2.05, 4.69) is 46.0 Å². The Hall–Kier alpha value is 2.92. The minimum atomic E-state index is -2.03. The molecule has 5 heavy (non-hydrogen) atoms. The second-order valence-electron chi connectivity index (χ2n) is 0.857. The van der Waals surface area contributed by atoms with Gasteiger partial charge in [0.15, 0.2) is 0 Å². The summed E-state index contributed by atoms with van der Waals surface area (Å²) in [7, 11) is 0. The zero-order chi connectivity index (χ0) is 4.50. The summed E-state index contributed by atoms with van der Waals surface area (Å²) in [5.74, 6) is 0. The van der Waals surface area contributed by atoms with E-state index < -0.39 is 12.9 Å². The van der Waals surface area contributed by atoms with Gasteiger partial charge in [-0.1, -0.05) is 0 Å². The topological polar surface area (TPSA) is 0 Å². The molecule has 0 aromatic heterocycles. The van der Waals surface area contributed by atoms with Gasteiger partial charge in [0.2, 0.25) is 0 Å². The Morgan fingerprint density at radius 3 is 0.800 bits per heavy atom. The van der Waals surface area contributed by atoms with Crippen molar-refractivity contribution in [3.8, 4) is 0 Å². The first-order chi connectivity index (χ1) is 2.00. The van der Waals surface area contributed by atoms with E-state index in [-0.39, 0.29) is 0 Å². The van der Waals surface area contributed by atoms with E-state index in [0.717, 1.165) is 0 Å². The van der Waals surface area contributed by atoms with Crippen molar-refractivity contribution in [2.24, 2.45) is 0 Å². The number of halogens is 4. The van der Waals surface area contributed by atoms with Gasteiger partial charge in [-0.2, -0.15) is 0 Å². The Kier molecular flexibility index (Phi) is 4.83. The Morgan fingerprint density at radius 2 is 0.800 bits per heavy atom. The van der Waals surface area contributed by atoms with E-state index in [9.17, 15) is 0 Å². The predicted molar refractivity (Wildman–Crippen MR) is 41.5 cm³/mol. The van der Waals surface area contributed by atoms with Gasteiger partial charge in [-0.15, -0.1) is 0 Å². The van der Waals surface area contributed by atoms with Crippen LogP contribution in [0.3, 0.4) is 0 Å². The zero-order valence-corrected chi connectivity index (χ0v) is 10.9. The van der Waals surface area contributed by atoms with Crippen molar-refractivity contribution in [3.63, 3.8) is 0 Å². The van der Waals surface area contributed by atoms with Crippen LogP contribution < -0.4 is 0 Å². The summed E-state index contributed by atoms with van der Waals surface area (Å²) in [6.07, 6.45) is 0. The molecule has 0 atom stereocenters. The third kappa shape index (κ3) is 19.6. The van der Waals surface area contributed by atoms with Crippen LogP contribution in [0.1, 0.15) is 0 Å². The van der Waals surface area contributed by atoms with E-state index >= 15 is 0 Å². The Morgan fingerprint density at radius 1 is 0.800 bits per heavy atom. The van der Waals surface area contributed by atoms with Gasteiger partial charge in [-0.05, 0) is 0 Å². The summed E-state index contributed by atoms with van der Waals surface area (Å²) in [6.45, 7) is 0. The molecule has 0 nitrogen and oxygen atoms in total. The van der Waals surface area contributed by atoms with E-state index in [1.54, 1.807) is 0 Å². The molecule has 0 N–H and O–H groups in total. The third-order valence-electron chi connectivity index (χ3n) is 0. The van der Waals surface area contributed by atoms with Crippen LogP contribution in [0.2, 0.25) is 0 Å². The van der Waals surface area contributed by atoms with E-state index in [1.165, 1.54) is 0 Å². The molecule has 0 rings (SSSR count). The first-order valence-corrected chi connectivity index (χ1v) is 23.6. The number of hydrogen-bond donors (Lipinski definition) is 0. The summed E-state index contributed by atoms with van der Waals surface area (Å²) in [6, 6.07) is 0. The van der Waals surface area contributed by atoms with Gasteiger partial charge >= 0.3 is 58.9 Å². The predicted octanol–water partition coefficient (Wildman–Crippen LogP) is 3.00. The van der Waals surface area contributed by atoms with Crippen LogP contribution in [0.5, 0.6) is 0 Å². The minimum absolute atomic E-state index is 2.03. The molecule has 0 saturated heterocycles. The fourth-order valence-electron chi connectivity index (χ4n) is 0. The van der Waals surface area contributed by atoms with Crippen molar-refractivity contribution >= 4 is 58.9 Å². The van der Waals surface area contributed by atoms with E-state index in [0.29, 0.717) is 0 Å². The van der Waals surface area contributed by atoms with Crippen LogP contribution in [-0.2, 0) is 0 Å². The molecule has 5 heteroatoms. The molecule has 29 valence electrons. The van der Waals surface area contributed by atoms with Crippen LogP contribution in [0, 0.1) is 0 Å². The molecule has 0 aliphatic carbocycles. The Labute approximate surface area is 57.3 Å². The molecule has 0 heterocycles. The van der Waals surface area contributed by atoms with Gasteiger partial charge in [0.05, 0.1) is 0 Å². The van der Waals surface area contributed by atoms with Gasteiger partial charge in [0.1, 0.15) is 0 Å². The van der Waals surface area contributed by atoms with Crippen molar-refractivity contribution in [2.75, 3.05) is 0 Å². The summed E-state index contributed by atoms with van der Waals surface area (Å²) in [5, 5.41) is 0. The molecule has 0 fully saturated rings. The van der Waals surface area contributed by atoms with Crippen molar-refractivity contribution in [3.05, 3.63) is 0 Å². The normalized spacial score (nSPS) is 12.0. The van der Waals surface area contributed by atoms with Gasteiger partial charge in [0.25, 0.3) is 0 Å². The molecule has 0 aromatic rings. The summed E-state index contributed by atoms with van der Waals surface area (Å²) in [5.41, 5.74) is 0. The SMILES string of the molecule is [Br][Na]([Br])([Br])[Br]. The fourth-order valence-corrected chi connectivity index (χ4v) is 0. The average molecular weight is 343 g/mol. The Balaban J connectivity index is 3.02. The Bertz CT molecular complexity index is 19.1. The molecule has 3 radical (unpaired) electrons. The molecule has 0 aliphatic rings. The molecule has 0 amide bonds. The average Bonchev–Trinajstić information content (AvgIpc) is 0.722. The number of hydrogen-bond acceptors (Lipinski definition) is 0. The van der Waals surface area contributed by atoms with Crippen LogP contribution in [-0.4, -0.2) is 12.9 Å². The van der Waals surface area contributed by atoms with Gasteiger partial charge in [-0.25, -0.2) is 0 Å². The summed E-state index contributed by atoms with van der Waals surface area (Å²) in [4.78, 5) is 0. The molecule has 0 bridgehead atoms. The maximum absolute atomic E-state index is 3.35. The van der Waals surface area contributed by atoms with Crippen LogP contribution in [0.15, 0.2) is 0 Å². The van der Waals surface area contributed by atoms with E-state index in [1.807, 2.05) is 0 Å². The third-order valence-corrected chi connectivity index (χ3v) is 0. The summed E-state index contributed by atoms with van der Waals surface area (Å²) < 4.78 is 0. The van der Waals surface area contributed by atoms with Gasteiger partial charge < -0.3 is 0 Å². The summed E-state index contributed by atoms with van der Waals surface area (Å²) >= 11 is 11.4. The molecule has 0 spiro atoms. The van der Waals surface area contributed by atoms with Gasteiger partial charge in [-0.3, -0.25) is 0 Å². The molecule has 0 aliphatic heterocycles. The quantitative estimate of drug-likeness (QED) is 0.594. The van der Waals surface area contributed by atoms with Crippen LogP contribution >= 0.6 is 46.0 Å². The van der Waals surface area contributed by atoms with Crippen molar-refractivity contribution in [1.29, 1.82) is 0 Å². The maximum atomic E-state index is 3.35. The second-order valence-corrected chi connectivity index (χ2v) is 69.4. The fraction of sp³-hybridized carbons (Fsp3) is 0. The zero-order valence-electron chi connectivity index (χ0n) is 2.51. The first kappa shape index (κ1) is 7.92. The second kappa shape index (κ2) is 3.05. The molecule has 0 aromatic carbocycles. The molecule has 0 saturated carbocycles. The molecule has 0 unspecified atom stereocenters. The van der Waals surface area contributed by atoms with Crippen molar-refractivity contribution in [1.82, 2.24) is 0 Å². The van der Waals surface area contributed by atoms with E-state index in [4.69, 9.17) is 0 Å². The number of rotatable bonds is 0. The van der Waals surface area contributed by atoms with Crippen molar-refractivity contribution < 1.29 is 0 Å².